The second-order valence-corrected chi connectivity index (χ2v) is 6.34. The van der Waals surface area contributed by atoms with E-state index in [1.54, 1.807) is 0 Å². The predicted molar refractivity (Wildman–Crippen MR) is 102 cm³/mol. The van der Waals surface area contributed by atoms with Crippen LogP contribution in [0.15, 0.2) is 83.3 Å². The molecule has 0 saturated carbocycles. The summed E-state index contributed by atoms with van der Waals surface area (Å²) in [7, 11) is 0. The first-order chi connectivity index (χ1) is 11.8. The molecule has 0 radical (unpaired) electrons. The fourth-order valence-corrected chi connectivity index (χ4v) is 3.63. The number of hydrogen-bond acceptors (Lipinski definition) is 1. The first kappa shape index (κ1) is 13.6. The van der Waals surface area contributed by atoms with Crippen molar-refractivity contribution in [3.63, 3.8) is 0 Å². The van der Waals surface area contributed by atoms with Gasteiger partial charge in [-0.05, 0) is 28.6 Å². The molecule has 4 aromatic carbocycles. The van der Waals surface area contributed by atoms with E-state index in [0.29, 0.717) is 5.02 Å². The van der Waals surface area contributed by atoms with Gasteiger partial charge in [-0.1, -0.05) is 78.3 Å². The second-order valence-electron chi connectivity index (χ2n) is 5.93. The molecule has 1 nitrogen and oxygen atoms in total. The van der Waals surface area contributed by atoms with Crippen LogP contribution in [-0.2, 0) is 0 Å². The SMILES string of the molecule is Clc1ccc(-c2ccccc2)c2c1oc1c3ccccc3ccc12. The number of benzene rings is 4. The van der Waals surface area contributed by atoms with Crippen molar-refractivity contribution in [2.45, 2.75) is 0 Å². The van der Waals surface area contributed by atoms with Crippen molar-refractivity contribution < 1.29 is 4.42 Å². The van der Waals surface area contributed by atoms with Gasteiger partial charge in [-0.25, -0.2) is 0 Å². The van der Waals surface area contributed by atoms with Gasteiger partial charge in [-0.15, -0.1) is 0 Å². The summed E-state index contributed by atoms with van der Waals surface area (Å²) < 4.78 is 6.23. The number of furan rings is 1. The van der Waals surface area contributed by atoms with Crippen molar-refractivity contribution in [1.29, 1.82) is 0 Å². The lowest BCUT2D eigenvalue weighted by Crippen LogP contribution is -1.80. The van der Waals surface area contributed by atoms with Gasteiger partial charge in [-0.3, -0.25) is 0 Å². The van der Waals surface area contributed by atoms with Crippen molar-refractivity contribution in [2.24, 2.45) is 0 Å². The van der Waals surface area contributed by atoms with Gasteiger partial charge < -0.3 is 4.42 Å². The molecule has 0 N–H and O–H groups in total. The number of halogens is 1. The maximum atomic E-state index is 6.45. The Balaban J connectivity index is 2.00. The minimum Gasteiger partial charge on any atom is -0.454 e. The smallest absolute Gasteiger partial charge is 0.154 e. The summed E-state index contributed by atoms with van der Waals surface area (Å²) in [6.07, 6.45) is 0. The summed E-state index contributed by atoms with van der Waals surface area (Å²) in [6.45, 7) is 0. The van der Waals surface area contributed by atoms with Crippen LogP contribution >= 0.6 is 11.6 Å². The van der Waals surface area contributed by atoms with Gasteiger partial charge in [0.25, 0.3) is 0 Å². The van der Waals surface area contributed by atoms with Crippen molar-refractivity contribution in [3.8, 4) is 11.1 Å². The largest absolute Gasteiger partial charge is 0.454 e. The molecular formula is C22H13ClO. The zero-order valence-corrected chi connectivity index (χ0v) is 13.5. The molecule has 0 aliphatic carbocycles. The molecule has 1 aromatic heterocycles. The predicted octanol–water partition coefficient (Wildman–Crippen LogP) is 7.06. The van der Waals surface area contributed by atoms with Gasteiger partial charge in [0.2, 0.25) is 0 Å². The third-order valence-corrected chi connectivity index (χ3v) is 4.85. The maximum absolute atomic E-state index is 6.45. The summed E-state index contributed by atoms with van der Waals surface area (Å²) in [4.78, 5) is 0. The summed E-state index contributed by atoms with van der Waals surface area (Å²) in [5, 5.41) is 5.10. The highest BCUT2D eigenvalue weighted by molar-refractivity contribution is 6.37. The van der Waals surface area contributed by atoms with E-state index in [9.17, 15) is 0 Å². The molecular weight excluding hydrogens is 316 g/mol. The minimum atomic E-state index is 0.643. The highest BCUT2D eigenvalue weighted by Gasteiger charge is 2.16. The zero-order chi connectivity index (χ0) is 16.1. The number of fused-ring (bicyclic) bond motifs is 5. The van der Waals surface area contributed by atoms with Gasteiger partial charge in [-0.2, -0.15) is 0 Å². The Labute approximate surface area is 144 Å². The first-order valence-corrected chi connectivity index (χ1v) is 8.28. The van der Waals surface area contributed by atoms with Crippen LogP contribution in [0.5, 0.6) is 0 Å². The van der Waals surface area contributed by atoms with Gasteiger partial charge in [0, 0.05) is 16.2 Å². The fourth-order valence-electron chi connectivity index (χ4n) is 3.43. The molecule has 5 rings (SSSR count). The highest BCUT2D eigenvalue weighted by Crippen LogP contribution is 2.42. The van der Waals surface area contributed by atoms with Crippen LogP contribution in [0, 0.1) is 0 Å². The number of hydrogen-bond donors (Lipinski definition) is 0. The maximum Gasteiger partial charge on any atom is 0.154 e. The van der Waals surface area contributed by atoms with Gasteiger partial charge in [0.15, 0.2) is 5.58 Å². The number of rotatable bonds is 1. The lowest BCUT2D eigenvalue weighted by molar-refractivity contribution is 0.673. The van der Waals surface area contributed by atoms with Crippen LogP contribution < -0.4 is 0 Å². The Kier molecular flexibility index (Phi) is 2.91. The molecule has 0 unspecified atom stereocenters. The monoisotopic (exact) mass is 328 g/mol. The van der Waals surface area contributed by atoms with Crippen molar-refractivity contribution in [1.82, 2.24) is 0 Å². The Bertz CT molecular complexity index is 1200. The van der Waals surface area contributed by atoms with Crippen LogP contribution in [-0.4, -0.2) is 0 Å². The molecule has 0 spiro atoms. The fraction of sp³-hybridized carbons (Fsp3) is 0. The molecule has 5 aromatic rings. The average molecular weight is 329 g/mol. The molecule has 0 aliphatic heterocycles. The molecule has 0 atom stereocenters. The van der Waals surface area contributed by atoms with Crippen molar-refractivity contribution >= 4 is 44.3 Å². The van der Waals surface area contributed by atoms with Crippen LogP contribution in [0.1, 0.15) is 0 Å². The zero-order valence-electron chi connectivity index (χ0n) is 12.8. The van der Waals surface area contributed by atoms with E-state index in [0.717, 1.165) is 38.5 Å². The summed E-state index contributed by atoms with van der Waals surface area (Å²) in [6, 6.07) is 26.9. The van der Waals surface area contributed by atoms with E-state index < -0.39 is 0 Å². The highest BCUT2D eigenvalue weighted by atomic mass is 35.5. The molecule has 0 aliphatic rings. The first-order valence-electron chi connectivity index (χ1n) is 7.91. The Morgan fingerprint density at radius 1 is 0.625 bits per heavy atom. The van der Waals surface area contributed by atoms with Crippen LogP contribution in [0.3, 0.4) is 0 Å². The lowest BCUT2D eigenvalue weighted by Gasteiger charge is -2.04. The van der Waals surface area contributed by atoms with Gasteiger partial charge in [0.1, 0.15) is 5.58 Å². The minimum absolute atomic E-state index is 0.643. The Morgan fingerprint density at radius 3 is 2.29 bits per heavy atom. The third kappa shape index (κ3) is 1.88. The van der Waals surface area contributed by atoms with Crippen LogP contribution in [0.25, 0.3) is 43.8 Å². The van der Waals surface area contributed by atoms with Gasteiger partial charge in [0.05, 0.1) is 5.02 Å². The molecule has 1 heterocycles. The normalized spacial score (nSPS) is 11.5. The van der Waals surface area contributed by atoms with E-state index in [2.05, 4.69) is 42.5 Å². The van der Waals surface area contributed by atoms with Crippen molar-refractivity contribution in [2.75, 3.05) is 0 Å². The Hall–Kier alpha value is -2.77. The molecule has 0 bridgehead atoms. The van der Waals surface area contributed by atoms with E-state index in [1.807, 2.05) is 36.4 Å². The summed E-state index contributed by atoms with van der Waals surface area (Å²) >= 11 is 6.45. The molecule has 2 heteroatoms. The quantitative estimate of drug-likeness (QED) is 0.321. The van der Waals surface area contributed by atoms with E-state index in [1.165, 1.54) is 5.39 Å². The molecule has 114 valence electrons. The summed E-state index contributed by atoms with van der Waals surface area (Å²) in [5.41, 5.74) is 3.96. The third-order valence-electron chi connectivity index (χ3n) is 4.55. The Morgan fingerprint density at radius 2 is 1.42 bits per heavy atom. The molecule has 24 heavy (non-hydrogen) atoms. The molecule has 0 fully saturated rings. The standard InChI is InChI=1S/C22H13ClO/c23-19-13-12-16(14-6-2-1-3-7-14)20-18-11-10-15-8-4-5-9-17(15)21(18)24-22(19)20/h1-13H. The lowest BCUT2D eigenvalue weighted by atomic mass is 9.98. The molecule has 0 amide bonds. The van der Waals surface area contributed by atoms with E-state index in [4.69, 9.17) is 16.0 Å². The summed E-state index contributed by atoms with van der Waals surface area (Å²) in [5.74, 6) is 0. The molecule has 0 saturated heterocycles. The van der Waals surface area contributed by atoms with Crippen LogP contribution in [0.4, 0.5) is 0 Å². The van der Waals surface area contributed by atoms with Crippen LogP contribution in [0.2, 0.25) is 5.02 Å². The van der Waals surface area contributed by atoms with Gasteiger partial charge >= 0.3 is 0 Å². The van der Waals surface area contributed by atoms with E-state index in [-0.39, 0.29) is 0 Å². The second kappa shape index (κ2) is 5.12. The topological polar surface area (TPSA) is 13.1 Å². The van der Waals surface area contributed by atoms with Crippen molar-refractivity contribution in [3.05, 3.63) is 83.9 Å². The average Bonchev–Trinajstić information content (AvgIpc) is 3.04. The van der Waals surface area contributed by atoms with E-state index >= 15 is 0 Å².